The zero-order chi connectivity index (χ0) is 15.0. The summed E-state index contributed by atoms with van der Waals surface area (Å²) in [5.74, 6) is 0.898. The van der Waals surface area contributed by atoms with Gasteiger partial charge in [0.1, 0.15) is 6.04 Å². The lowest BCUT2D eigenvalue weighted by atomic mass is 9.89. The third-order valence-corrected chi connectivity index (χ3v) is 4.48. The Morgan fingerprint density at radius 1 is 1.35 bits per heavy atom. The number of nitrogens with one attached hydrogen (secondary N) is 1. The molecule has 0 spiro atoms. The van der Waals surface area contributed by atoms with Crippen molar-refractivity contribution in [1.82, 2.24) is 10.2 Å². The summed E-state index contributed by atoms with van der Waals surface area (Å²) in [6.45, 7) is 10.6. The van der Waals surface area contributed by atoms with Crippen LogP contribution in [0.15, 0.2) is 0 Å². The first kappa shape index (κ1) is 17.4. The predicted octanol–water partition coefficient (Wildman–Crippen LogP) is 2.59. The fourth-order valence-corrected chi connectivity index (χ4v) is 3.01. The summed E-state index contributed by atoms with van der Waals surface area (Å²) in [5, 5.41) is 12.3. The van der Waals surface area contributed by atoms with E-state index in [9.17, 15) is 9.90 Å². The predicted molar refractivity (Wildman–Crippen MR) is 83.0 cm³/mol. The van der Waals surface area contributed by atoms with Crippen LogP contribution in [0.4, 0.5) is 0 Å². The Balaban J connectivity index is 2.34. The number of carboxylic acids is 1. The minimum Gasteiger partial charge on any atom is -0.480 e. The molecule has 1 aliphatic rings. The van der Waals surface area contributed by atoms with Gasteiger partial charge in [0, 0.05) is 6.54 Å². The SMILES string of the molecule is CCCNC(CCN1CCCC(C(C)C)CC1)C(=O)O. The van der Waals surface area contributed by atoms with Crippen molar-refractivity contribution in [3.8, 4) is 0 Å². The molecule has 0 amide bonds. The molecule has 4 heteroatoms. The summed E-state index contributed by atoms with van der Waals surface area (Å²) in [7, 11) is 0. The monoisotopic (exact) mass is 284 g/mol. The molecule has 1 saturated heterocycles. The summed E-state index contributed by atoms with van der Waals surface area (Å²) in [6, 6.07) is -0.390. The van der Waals surface area contributed by atoms with Crippen LogP contribution in [0.3, 0.4) is 0 Å². The fourth-order valence-electron chi connectivity index (χ4n) is 3.01. The van der Waals surface area contributed by atoms with E-state index in [2.05, 4.69) is 31.0 Å². The van der Waals surface area contributed by atoms with Crippen LogP contribution in [0.5, 0.6) is 0 Å². The first-order valence-electron chi connectivity index (χ1n) is 8.23. The molecule has 1 heterocycles. The minimum atomic E-state index is -0.715. The second-order valence-electron chi connectivity index (χ2n) is 6.41. The largest absolute Gasteiger partial charge is 0.480 e. The molecule has 2 N–H and O–H groups in total. The van der Waals surface area contributed by atoms with Crippen molar-refractivity contribution in [2.24, 2.45) is 11.8 Å². The zero-order valence-electron chi connectivity index (χ0n) is 13.4. The van der Waals surface area contributed by atoms with Gasteiger partial charge in [0.05, 0.1) is 0 Å². The van der Waals surface area contributed by atoms with Gasteiger partial charge in [0.15, 0.2) is 0 Å². The number of hydrogen-bond acceptors (Lipinski definition) is 3. The molecule has 0 aromatic rings. The molecule has 20 heavy (non-hydrogen) atoms. The maximum atomic E-state index is 11.2. The lowest BCUT2D eigenvalue weighted by Gasteiger charge is -2.23. The first-order chi connectivity index (χ1) is 9.54. The summed E-state index contributed by atoms with van der Waals surface area (Å²) >= 11 is 0. The molecule has 0 radical (unpaired) electrons. The van der Waals surface area contributed by atoms with Crippen LogP contribution in [-0.4, -0.2) is 48.2 Å². The lowest BCUT2D eigenvalue weighted by Crippen LogP contribution is -2.40. The third kappa shape index (κ3) is 6.23. The second-order valence-corrected chi connectivity index (χ2v) is 6.41. The highest BCUT2D eigenvalue weighted by molar-refractivity contribution is 5.73. The summed E-state index contributed by atoms with van der Waals surface area (Å²) < 4.78 is 0. The Hall–Kier alpha value is -0.610. The summed E-state index contributed by atoms with van der Waals surface area (Å²) in [5.41, 5.74) is 0. The summed E-state index contributed by atoms with van der Waals surface area (Å²) in [4.78, 5) is 13.7. The van der Waals surface area contributed by atoms with E-state index >= 15 is 0 Å². The van der Waals surface area contributed by atoms with Gasteiger partial charge in [0.25, 0.3) is 0 Å². The van der Waals surface area contributed by atoms with Crippen LogP contribution in [-0.2, 0) is 4.79 Å². The van der Waals surface area contributed by atoms with Gasteiger partial charge in [-0.25, -0.2) is 0 Å². The Kier molecular flexibility index (Phi) is 8.15. The van der Waals surface area contributed by atoms with Crippen LogP contribution in [0, 0.1) is 11.8 Å². The van der Waals surface area contributed by atoms with Crippen molar-refractivity contribution < 1.29 is 9.90 Å². The molecule has 118 valence electrons. The average molecular weight is 284 g/mol. The molecule has 2 unspecified atom stereocenters. The van der Waals surface area contributed by atoms with Gasteiger partial charge in [-0.05, 0) is 63.6 Å². The van der Waals surface area contributed by atoms with Crippen LogP contribution in [0.1, 0.15) is 52.9 Å². The lowest BCUT2D eigenvalue weighted by molar-refractivity contribution is -0.139. The van der Waals surface area contributed by atoms with Crippen molar-refractivity contribution in [2.45, 2.75) is 58.9 Å². The van der Waals surface area contributed by atoms with Gasteiger partial charge >= 0.3 is 5.97 Å². The number of aliphatic carboxylic acids is 1. The number of rotatable bonds is 8. The van der Waals surface area contributed by atoms with Crippen molar-refractivity contribution in [3.63, 3.8) is 0 Å². The van der Waals surface area contributed by atoms with Crippen molar-refractivity contribution in [1.29, 1.82) is 0 Å². The Morgan fingerprint density at radius 2 is 2.10 bits per heavy atom. The molecule has 1 aliphatic heterocycles. The second kappa shape index (κ2) is 9.35. The highest BCUT2D eigenvalue weighted by Crippen LogP contribution is 2.24. The molecule has 0 aliphatic carbocycles. The van der Waals surface area contributed by atoms with Crippen molar-refractivity contribution >= 4 is 5.97 Å². The van der Waals surface area contributed by atoms with E-state index in [4.69, 9.17) is 0 Å². The molecule has 2 atom stereocenters. The molecule has 0 saturated carbocycles. The highest BCUT2D eigenvalue weighted by Gasteiger charge is 2.21. The van der Waals surface area contributed by atoms with E-state index < -0.39 is 5.97 Å². The van der Waals surface area contributed by atoms with Gasteiger partial charge in [0.2, 0.25) is 0 Å². The maximum absolute atomic E-state index is 11.2. The highest BCUT2D eigenvalue weighted by atomic mass is 16.4. The van der Waals surface area contributed by atoms with E-state index in [-0.39, 0.29) is 6.04 Å². The molecular formula is C16H32N2O2. The zero-order valence-corrected chi connectivity index (χ0v) is 13.4. The van der Waals surface area contributed by atoms with Gasteiger partial charge in [-0.2, -0.15) is 0 Å². The minimum absolute atomic E-state index is 0.390. The number of carbonyl (C=O) groups is 1. The van der Waals surface area contributed by atoms with E-state index in [1.54, 1.807) is 0 Å². The summed E-state index contributed by atoms with van der Waals surface area (Å²) in [6.07, 6.45) is 5.52. The normalized spacial score (nSPS) is 22.7. The number of nitrogens with zero attached hydrogens (tertiary/aromatic N) is 1. The standard InChI is InChI=1S/C16H32N2O2/c1-4-9-17-15(16(19)20)8-12-18-10-5-6-14(7-11-18)13(2)3/h13-15,17H,4-12H2,1-3H3,(H,19,20). The quantitative estimate of drug-likeness (QED) is 0.719. The van der Waals surface area contributed by atoms with Crippen molar-refractivity contribution in [3.05, 3.63) is 0 Å². The maximum Gasteiger partial charge on any atom is 0.320 e. The third-order valence-electron chi connectivity index (χ3n) is 4.48. The smallest absolute Gasteiger partial charge is 0.320 e. The first-order valence-corrected chi connectivity index (χ1v) is 8.23. The molecule has 0 bridgehead atoms. The van der Waals surface area contributed by atoms with Gasteiger partial charge < -0.3 is 15.3 Å². The van der Waals surface area contributed by atoms with E-state index in [0.717, 1.165) is 44.4 Å². The molecule has 1 fully saturated rings. The van der Waals surface area contributed by atoms with E-state index in [1.807, 2.05) is 0 Å². The number of carboxylic acid groups (broad SMARTS) is 1. The van der Waals surface area contributed by atoms with E-state index in [0.29, 0.717) is 6.42 Å². The Morgan fingerprint density at radius 3 is 2.70 bits per heavy atom. The van der Waals surface area contributed by atoms with Crippen LogP contribution in [0.25, 0.3) is 0 Å². The topological polar surface area (TPSA) is 52.6 Å². The fraction of sp³-hybridized carbons (Fsp3) is 0.938. The Bertz CT molecular complexity index is 282. The average Bonchev–Trinajstić information content (AvgIpc) is 2.64. The van der Waals surface area contributed by atoms with Gasteiger partial charge in [-0.3, -0.25) is 4.79 Å². The van der Waals surface area contributed by atoms with Crippen LogP contribution >= 0.6 is 0 Å². The van der Waals surface area contributed by atoms with Crippen molar-refractivity contribution in [2.75, 3.05) is 26.2 Å². The number of likely N-dealkylation sites (tertiary alicyclic amines) is 1. The molecule has 0 aromatic carbocycles. The van der Waals surface area contributed by atoms with E-state index in [1.165, 1.54) is 19.3 Å². The van der Waals surface area contributed by atoms with Crippen LogP contribution in [0.2, 0.25) is 0 Å². The molecule has 4 nitrogen and oxygen atoms in total. The molecule has 0 aromatic heterocycles. The molecule has 1 rings (SSSR count). The van der Waals surface area contributed by atoms with Gasteiger partial charge in [-0.1, -0.05) is 20.8 Å². The van der Waals surface area contributed by atoms with Gasteiger partial charge in [-0.15, -0.1) is 0 Å². The van der Waals surface area contributed by atoms with Crippen LogP contribution < -0.4 is 5.32 Å². The number of hydrogen-bond donors (Lipinski definition) is 2. The Labute approximate surface area is 123 Å². The molecular weight excluding hydrogens is 252 g/mol.